The van der Waals surface area contributed by atoms with Crippen LogP contribution in [0.1, 0.15) is 25.8 Å². The van der Waals surface area contributed by atoms with Gasteiger partial charge in [0.05, 0.1) is 5.56 Å². The van der Waals surface area contributed by atoms with Gasteiger partial charge in [0, 0.05) is 19.2 Å². The van der Waals surface area contributed by atoms with Crippen LogP contribution in [0, 0.1) is 0 Å². The summed E-state index contributed by atoms with van der Waals surface area (Å²) in [5, 5.41) is 14.4. The number of anilines is 2. The highest BCUT2D eigenvalue weighted by atomic mass is 19.4. The van der Waals surface area contributed by atoms with Gasteiger partial charge in [0.2, 0.25) is 0 Å². The molecular formula is C12H18F3N3O. The lowest BCUT2D eigenvalue weighted by molar-refractivity contribution is -0.137. The number of rotatable bonds is 6. The van der Waals surface area contributed by atoms with E-state index in [2.05, 4.69) is 15.6 Å². The number of hydrogen-bond donors (Lipinski definition) is 3. The molecule has 1 heterocycles. The number of nitrogens with zero attached hydrogens (tertiary/aromatic N) is 1. The molecule has 7 heteroatoms. The lowest BCUT2D eigenvalue weighted by atomic mass is 10.2. The maximum absolute atomic E-state index is 12.8. The highest BCUT2D eigenvalue weighted by Crippen LogP contribution is 2.32. The zero-order valence-corrected chi connectivity index (χ0v) is 10.9. The molecule has 1 aromatic heterocycles. The number of aliphatic hydroxyl groups excluding tert-OH is 1. The minimum atomic E-state index is -4.41. The second-order valence-electron chi connectivity index (χ2n) is 4.21. The Balaban J connectivity index is 2.99. The fourth-order valence-electron chi connectivity index (χ4n) is 1.56. The van der Waals surface area contributed by atoms with Gasteiger partial charge < -0.3 is 15.7 Å². The van der Waals surface area contributed by atoms with Crippen LogP contribution in [0.15, 0.2) is 12.1 Å². The van der Waals surface area contributed by atoms with E-state index in [1.807, 2.05) is 0 Å². The van der Waals surface area contributed by atoms with E-state index in [1.165, 1.54) is 0 Å². The predicted octanol–water partition coefficient (Wildman–Crippen LogP) is 2.72. The minimum Gasteiger partial charge on any atom is -0.396 e. The van der Waals surface area contributed by atoms with Gasteiger partial charge in [0.25, 0.3) is 0 Å². The van der Waals surface area contributed by atoms with Crippen LogP contribution in [-0.4, -0.2) is 29.3 Å². The van der Waals surface area contributed by atoms with Crippen LogP contribution >= 0.6 is 0 Å². The zero-order valence-electron chi connectivity index (χ0n) is 10.9. The first-order valence-electron chi connectivity index (χ1n) is 6.07. The van der Waals surface area contributed by atoms with Crippen molar-refractivity contribution in [2.75, 3.05) is 23.8 Å². The van der Waals surface area contributed by atoms with E-state index in [4.69, 9.17) is 5.11 Å². The van der Waals surface area contributed by atoms with Gasteiger partial charge in [-0.2, -0.15) is 13.2 Å². The second kappa shape index (κ2) is 6.60. The van der Waals surface area contributed by atoms with Crippen molar-refractivity contribution in [3.05, 3.63) is 17.7 Å². The van der Waals surface area contributed by atoms with E-state index in [0.29, 0.717) is 13.0 Å². The molecule has 0 radical (unpaired) electrons. The van der Waals surface area contributed by atoms with E-state index in [-0.39, 0.29) is 24.3 Å². The van der Waals surface area contributed by atoms with Gasteiger partial charge in [-0.15, -0.1) is 0 Å². The highest BCUT2D eigenvalue weighted by molar-refractivity contribution is 5.50. The van der Waals surface area contributed by atoms with E-state index in [0.717, 1.165) is 12.1 Å². The van der Waals surface area contributed by atoms with Crippen LogP contribution < -0.4 is 10.6 Å². The molecular weight excluding hydrogens is 259 g/mol. The number of pyridine rings is 1. The van der Waals surface area contributed by atoms with Gasteiger partial charge in [-0.1, -0.05) is 0 Å². The van der Waals surface area contributed by atoms with Crippen molar-refractivity contribution in [1.82, 2.24) is 4.98 Å². The van der Waals surface area contributed by atoms with Gasteiger partial charge in [0.15, 0.2) is 0 Å². The Morgan fingerprint density at radius 3 is 2.47 bits per heavy atom. The molecule has 4 nitrogen and oxygen atoms in total. The number of nitrogens with one attached hydrogen (secondary N) is 2. The van der Waals surface area contributed by atoms with E-state index in [9.17, 15) is 13.2 Å². The van der Waals surface area contributed by atoms with Gasteiger partial charge in [-0.3, -0.25) is 0 Å². The first-order chi connectivity index (χ1) is 8.86. The molecule has 1 rings (SSSR count). The molecule has 19 heavy (non-hydrogen) atoms. The molecule has 0 aliphatic rings. The van der Waals surface area contributed by atoms with Crippen molar-refractivity contribution in [3.63, 3.8) is 0 Å². The Labute approximate surface area is 110 Å². The van der Waals surface area contributed by atoms with Crippen molar-refractivity contribution < 1.29 is 18.3 Å². The molecule has 0 amide bonds. The van der Waals surface area contributed by atoms with Crippen molar-refractivity contribution >= 4 is 11.6 Å². The third-order valence-electron chi connectivity index (χ3n) is 2.47. The Morgan fingerprint density at radius 1 is 1.32 bits per heavy atom. The smallest absolute Gasteiger partial charge is 0.396 e. The first-order valence-corrected chi connectivity index (χ1v) is 6.07. The summed E-state index contributed by atoms with van der Waals surface area (Å²) in [6.45, 7) is 4.00. The third kappa shape index (κ3) is 4.94. The van der Waals surface area contributed by atoms with Gasteiger partial charge in [-0.25, -0.2) is 4.98 Å². The number of aromatic nitrogens is 1. The fourth-order valence-corrected chi connectivity index (χ4v) is 1.56. The lowest BCUT2D eigenvalue weighted by Gasteiger charge is -2.16. The third-order valence-corrected chi connectivity index (χ3v) is 2.47. The molecule has 3 N–H and O–H groups in total. The summed E-state index contributed by atoms with van der Waals surface area (Å²) in [6, 6.07) is 1.79. The average Bonchev–Trinajstić information content (AvgIpc) is 2.28. The van der Waals surface area contributed by atoms with Crippen LogP contribution in [0.4, 0.5) is 24.8 Å². The SMILES string of the molecule is CCNc1cc(C(F)(F)F)cc(NC(C)CCO)n1. The molecule has 1 unspecified atom stereocenters. The summed E-state index contributed by atoms with van der Waals surface area (Å²) < 4.78 is 38.3. The maximum atomic E-state index is 12.8. The Morgan fingerprint density at radius 2 is 1.95 bits per heavy atom. The molecule has 1 aromatic rings. The molecule has 0 aromatic carbocycles. The molecule has 0 fully saturated rings. The molecule has 1 atom stereocenters. The van der Waals surface area contributed by atoms with Crippen LogP contribution in [0.25, 0.3) is 0 Å². The van der Waals surface area contributed by atoms with Crippen LogP contribution in [-0.2, 0) is 6.18 Å². The van der Waals surface area contributed by atoms with Gasteiger partial charge in [-0.05, 0) is 32.4 Å². The average molecular weight is 277 g/mol. The number of aliphatic hydroxyl groups is 1. The van der Waals surface area contributed by atoms with Crippen molar-refractivity contribution in [2.45, 2.75) is 32.5 Å². The molecule has 0 aliphatic heterocycles. The lowest BCUT2D eigenvalue weighted by Crippen LogP contribution is -2.19. The summed E-state index contributed by atoms with van der Waals surface area (Å²) >= 11 is 0. The van der Waals surface area contributed by atoms with Gasteiger partial charge in [0.1, 0.15) is 11.6 Å². The summed E-state index contributed by atoms with van der Waals surface area (Å²) in [5.41, 5.74) is -0.753. The number of alkyl halides is 3. The Kier molecular flexibility index (Phi) is 5.41. The van der Waals surface area contributed by atoms with E-state index >= 15 is 0 Å². The van der Waals surface area contributed by atoms with E-state index in [1.54, 1.807) is 13.8 Å². The van der Waals surface area contributed by atoms with E-state index < -0.39 is 11.7 Å². The molecule has 0 aliphatic carbocycles. The maximum Gasteiger partial charge on any atom is 0.416 e. The predicted molar refractivity (Wildman–Crippen MR) is 68.2 cm³/mol. The molecule has 0 saturated heterocycles. The second-order valence-corrected chi connectivity index (χ2v) is 4.21. The quantitative estimate of drug-likeness (QED) is 0.748. The zero-order chi connectivity index (χ0) is 14.5. The van der Waals surface area contributed by atoms with Crippen molar-refractivity contribution in [3.8, 4) is 0 Å². The van der Waals surface area contributed by atoms with Crippen molar-refractivity contribution in [2.24, 2.45) is 0 Å². The summed E-state index contributed by atoms with van der Waals surface area (Å²) in [5.74, 6) is 0.322. The summed E-state index contributed by atoms with van der Waals surface area (Å²) in [7, 11) is 0. The van der Waals surface area contributed by atoms with Crippen LogP contribution in [0.2, 0.25) is 0 Å². The fraction of sp³-hybridized carbons (Fsp3) is 0.583. The molecule has 0 bridgehead atoms. The molecule has 108 valence electrons. The monoisotopic (exact) mass is 277 g/mol. The number of hydrogen-bond acceptors (Lipinski definition) is 4. The molecule has 0 saturated carbocycles. The van der Waals surface area contributed by atoms with Crippen LogP contribution in [0.5, 0.6) is 0 Å². The topological polar surface area (TPSA) is 57.2 Å². The summed E-state index contributed by atoms with van der Waals surface area (Å²) in [4.78, 5) is 4.06. The number of halogens is 3. The normalized spacial score (nSPS) is 13.2. The highest BCUT2D eigenvalue weighted by Gasteiger charge is 2.31. The van der Waals surface area contributed by atoms with Gasteiger partial charge >= 0.3 is 6.18 Å². The van der Waals surface area contributed by atoms with Crippen LogP contribution in [0.3, 0.4) is 0 Å². The Bertz CT molecular complexity index is 410. The summed E-state index contributed by atoms with van der Waals surface area (Å²) in [6.07, 6.45) is -3.97. The largest absolute Gasteiger partial charge is 0.416 e. The Hall–Kier alpha value is -1.50. The molecule has 0 spiro atoms. The minimum absolute atomic E-state index is 0.0345. The van der Waals surface area contributed by atoms with Crippen molar-refractivity contribution in [1.29, 1.82) is 0 Å². The standard InChI is InChI=1S/C12H18F3N3O/c1-3-16-10-6-9(12(13,14)15)7-11(18-10)17-8(2)4-5-19/h6-8,19H,3-5H2,1-2H3,(H2,16,17,18). The first kappa shape index (κ1) is 15.6.